The number of phenolic OH excluding ortho intramolecular Hbond substituents is 1. The van der Waals surface area contributed by atoms with Gasteiger partial charge in [-0.15, -0.1) is 11.8 Å². The molecule has 132 heavy (non-hydrogen) atoms. The number of H-pyrrole nitrogens is 1. The molecule has 4 bridgehead atoms. The Bertz CT molecular complexity index is 5130. The highest BCUT2D eigenvalue weighted by atomic mass is 35.5. The second-order valence-electron chi connectivity index (χ2n) is 33.4. The summed E-state index contributed by atoms with van der Waals surface area (Å²) in [7, 11) is 7.34. The number of alkyl carbamates (subject to hydrolysis) is 1. The van der Waals surface area contributed by atoms with Crippen LogP contribution in [0.5, 0.6) is 11.5 Å². The topological polar surface area (TPSA) is 578 Å². The molecule has 19 N–H and O–H groups in total. The van der Waals surface area contributed by atoms with Crippen LogP contribution >= 0.6 is 45.0 Å². The number of aromatic hydroxyl groups is 1. The summed E-state index contributed by atoms with van der Waals surface area (Å²) in [6.45, 7) is 6.23. The highest BCUT2D eigenvalue weighted by Crippen LogP contribution is 2.50. The average Bonchev–Trinajstić information content (AvgIpc) is 1.57. The molecule has 0 aliphatic carbocycles. The zero-order chi connectivity index (χ0) is 96.2. The molecule has 4 fully saturated rings. The first-order chi connectivity index (χ1) is 62.7. The molecule has 5 aliphatic rings. The Labute approximate surface area is 779 Å². The number of thioether (sulfide) groups is 1. The lowest BCUT2D eigenvalue weighted by atomic mass is 9.83. The smallest absolute Gasteiger partial charge is 0.409 e. The van der Waals surface area contributed by atoms with E-state index in [1.807, 2.05) is 6.92 Å². The summed E-state index contributed by atoms with van der Waals surface area (Å²) in [6, 6.07) is 11.0. The molecule has 39 nitrogen and oxygen atoms in total. The Kier molecular flexibility index (Phi) is 36.5. The molecule has 5 aromatic rings. The van der Waals surface area contributed by atoms with Crippen molar-refractivity contribution in [3.63, 3.8) is 0 Å². The van der Waals surface area contributed by atoms with Crippen LogP contribution in [0.4, 0.5) is 10.5 Å². The number of methoxy groups -OCH3 is 2. The molecule has 0 radical (unpaired) electrons. The lowest BCUT2D eigenvalue weighted by molar-refractivity contribution is -0.162. The summed E-state index contributed by atoms with van der Waals surface area (Å²) >= 11 is 7.79. The fourth-order valence-electron chi connectivity index (χ4n) is 15.7. The van der Waals surface area contributed by atoms with Gasteiger partial charge in [0.05, 0.1) is 42.7 Å². The number of nitrogens with zero attached hydrogens (tertiary/aromatic N) is 3. The van der Waals surface area contributed by atoms with Gasteiger partial charge in [-0.25, -0.2) is 9.59 Å². The third-order valence-electron chi connectivity index (χ3n) is 23.7. The number of primary amides is 1. The normalized spacial score (nSPS) is 26.5. The van der Waals surface area contributed by atoms with Gasteiger partial charge in [-0.1, -0.05) is 125 Å². The second kappa shape index (κ2) is 46.8. The van der Waals surface area contributed by atoms with E-state index in [4.69, 9.17) is 52.5 Å². The number of likely N-dealkylation sites (N-methyl/N-ethyl adjacent to an activating group) is 1. The number of aromatic nitrogens is 1. The monoisotopic (exact) mass is 1910 g/mol. The Morgan fingerprint density at radius 1 is 0.826 bits per heavy atom. The molecule has 4 aromatic carbocycles. The third-order valence-corrected chi connectivity index (χ3v) is 27.7. The number of amides is 14. The molecule has 10 rings (SSSR count). The maximum absolute atomic E-state index is 15.1. The number of rotatable bonds is 29. The Balaban J connectivity index is 0.805. The summed E-state index contributed by atoms with van der Waals surface area (Å²) in [6.07, 6.45) is -1.24. The van der Waals surface area contributed by atoms with Crippen LogP contribution in [-0.2, 0) is 112 Å². The fraction of sp³-hybridized carbons (Fsp3) is 0.494. The van der Waals surface area contributed by atoms with E-state index in [0.717, 1.165) is 50.7 Å². The number of ether oxygens (including phenoxy) is 5. The number of halogens is 1. The van der Waals surface area contributed by atoms with Gasteiger partial charge in [-0.3, -0.25) is 72.5 Å². The van der Waals surface area contributed by atoms with E-state index in [1.54, 1.807) is 105 Å². The van der Waals surface area contributed by atoms with Gasteiger partial charge in [0, 0.05) is 100 Å². The number of aromatic amines is 1. The number of anilines is 1. The number of hydrogen-bond donors (Lipinski definition) is 16. The number of nitrogens with one attached hydrogen (secondary N) is 10. The number of unbranched alkanes of at least 4 members (excludes halogenated alkanes) is 1. The average molecular weight is 1910 g/mol. The fourth-order valence-corrected chi connectivity index (χ4v) is 19.4. The van der Waals surface area contributed by atoms with E-state index in [9.17, 15) is 77.6 Å². The number of benzene rings is 4. The Hall–Kier alpha value is -11.3. The van der Waals surface area contributed by atoms with Crippen molar-refractivity contribution in [3.8, 4) is 11.5 Å². The molecule has 0 saturated carbocycles. The minimum Gasteiger partial charge on any atom is -0.508 e. The first-order valence-corrected chi connectivity index (χ1v) is 46.9. The molecule has 1 aromatic heterocycles. The number of allylic oxidation sites excluding steroid dienone is 3. The first-order valence-electron chi connectivity index (χ1n) is 43.0. The van der Waals surface area contributed by atoms with Gasteiger partial charge in [0.25, 0.3) is 0 Å². The molecule has 6 heterocycles. The van der Waals surface area contributed by atoms with Gasteiger partial charge in [0.2, 0.25) is 76.8 Å². The van der Waals surface area contributed by atoms with Gasteiger partial charge in [0.1, 0.15) is 95.3 Å². The number of hydrogen-bond acceptors (Lipinski definition) is 28. The summed E-state index contributed by atoms with van der Waals surface area (Å²) in [5.41, 5.74) is 18.9. The van der Waals surface area contributed by atoms with Crippen molar-refractivity contribution in [2.75, 3.05) is 70.1 Å². The third kappa shape index (κ3) is 27.0. The van der Waals surface area contributed by atoms with E-state index in [-0.39, 0.29) is 85.2 Å². The number of aliphatic hydroxyl groups is 2. The van der Waals surface area contributed by atoms with Crippen molar-refractivity contribution in [1.29, 1.82) is 0 Å². The van der Waals surface area contributed by atoms with Crippen LogP contribution in [0.3, 0.4) is 0 Å². The molecule has 0 spiro atoms. The summed E-state index contributed by atoms with van der Waals surface area (Å²) < 4.78 is 29.6. The lowest BCUT2D eigenvalue weighted by Gasteiger charge is -2.42. The van der Waals surface area contributed by atoms with E-state index in [1.165, 1.54) is 64.4 Å². The van der Waals surface area contributed by atoms with Crippen LogP contribution in [0, 0.1) is 5.92 Å². The summed E-state index contributed by atoms with van der Waals surface area (Å²) in [5.74, 6) is -14.3. The van der Waals surface area contributed by atoms with Gasteiger partial charge >= 0.3 is 12.1 Å². The van der Waals surface area contributed by atoms with Crippen LogP contribution in [0.15, 0.2) is 121 Å². The number of carbonyl (C=O) groups is 15. The molecule has 43 heteroatoms. The van der Waals surface area contributed by atoms with Crippen molar-refractivity contribution in [1.82, 2.24) is 62.6 Å². The van der Waals surface area contributed by atoms with Crippen molar-refractivity contribution < 1.29 is 111 Å². The van der Waals surface area contributed by atoms with Crippen LogP contribution in [0.2, 0.25) is 5.02 Å². The number of epoxide rings is 1. The Morgan fingerprint density at radius 3 is 2.19 bits per heavy atom. The standard InChI is InChI=1S/C89H115ClN16O23S3/c1-46-18-17-24-68(126-9)89(124)40-66(127-87(123)103-89)47(2)76-88(5,129-76)69(39-72(111)105(7)64-35-52(32-46)36-65(125-8)74(64)90)128-86(122)48(3)104(6)71(110)29-31-130-67-38-73(112)106(85(67)121)43-70(109)95-42-61(77(93)113)99-83(119)63-45-132-131-44-62(100-78(114)56(92)33-50-19-11-10-12-20-50)82(118)97-59(34-51-25-27-54(108)28-26-51)80(116)98-60(37-53-41-94-57-22-14-13-21-55(53)57)81(117)96-58(23-15-16-30-91)79(115)102-75(49(4)107)84(120)101-63/h10-14,17-22,24-28,35-36,41,47-49,56,58-63,66-69,75-76,94,107-108,124H,15-16,23,29-34,37-40,42-45,91-92H2,1-9H3,(H2,93,113)(H,95,109)(H,96,117)(H,97,118)(H,98,116)(H,99,119)(H,100,114)(H,101,120)(H,102,115)(H,103,123)/b24-17+,46-18+/t47-,48+,49-,56-,58+,59+,60-,61+,62+,63+,66+,67?,68-,69+,75+,76+,88-,89+/m1/s1. The van der Waals surface area contributed by atoms with Gasteiger partial charge in [-0.2, -0.15) is 0 Å². The number of aliphatic hydroxyl groups excluding tert-OH is 1. The number of esters is 1. The second-order valence-corrected chi connectivity index (χ2v) is 37.7. The van der Waals surface area contributed by atoms with Crippen molar-refractivity contribution in [2.24, 2.45) is 23.1 Å². The molecule has 4 saturated heterocycles. The van der Waals surface area contributed by atoms with Gasteiger partial charge in [0.15, 0.2) is 5.72 Å². The Morgan fingerprint density at radius 2 is 1.50 bits per heavy atom. The summed E-state index contributed by atoms with van der Waals surface area (Å²) in [4.78, 5) is 220. The van der Waals surface area contributed by atoms with Crippen LogP contribution in [0.1, 0.15) is 102 Å². The van der Waals surface area contributed by atoms with Gasteiger partial charge < -0.3 is 114 Å². The van der Waals surface area contributed by atoms with Crippen LogP contribution in [0.25, 0.3) is 10.9 Å². The predicted molar refractivity (Wildman–Crippen MR) is 490 cm³/mol. The number of likely N-dealkylation sites (tertiary alicyclic amines) is 1. The van der Waals surface area contributed by atoms with E-state index >= 15 is 9.59 Å². The first kappa shape index (κ1) is 103. The molecule has 18 atom stereocenters. The molecule has 14 amide bonds. The quantitative estimate of drug-likeness (QED) is 0.0104. The van der Waals surface area contributed by atoms with E-state index in [0.29, 0.717) is 50.9 Å². The SMILES string of the molecule is COc1cc2cc(c1Cl)N(C)C(=O)C[C@H](OC(=O)[C@H](C)N(C)C(=O)CCSC1CC(=O)N(CC(=O)NC[C@H](NC(=O)[C@@H]3CSSC[C@H](NC(=O)[C@H](N)Cc4ccccc4)C(=O)N[C@@H](Cc4ccc(O)cc4)C(=O)N[C@H](Cc4c[nH]c5ccccc45)C(=O)N[C@@H](CCCCN)C(=O)N[C@@H]([C@@H](C)O)C(=O)N3)C(N)=O)C1=O)[C@@]1(C)O[C@H]1[C@H](C)[C@@H]1C[C@@](O)(NC(=O)O1)[C@H](OC)/C=C/C=C(\C)C2. The van der Waals surface area contributed by atoms with Crippen molar-refractivity contribution >= 4 is 150 Å². The number of nitrogens with two attached hydrogens (primary N) is 3. The number of phenols is 1. The highest BCUT2D eigenvalue weighted by Gasteiger charge is 2.65. The van der Waals surface area contributed by atoms with Crippen molar-refractivity contribution in [3.05, 3.63) is 148 Å². The largest absolute Gasteiger partial charge is 0.508 e. The zero-order valence-electron chi connectivity index (χ0n) is 74.4. The molecule has 714 valence electrons. The van der Waals surface area contributed by atoms with Gasteiger partial charge in [-0.05, 0) is 119 Å². The number of fused-ring (bicyclic) bond motifs is 6. The molecule has 5 aliphatic heterocycles. The molecular weight excluding hydrogens is 1790 g/mol. The summed E-state index contributed by atoms with van der Waals surface area (Å²) in [5, 5.41) is 56.4. The van der Waals surface area contributed by atoms with E-state index < -0.39 is 228 Å². The number of para-hydroxylation sites is 1. The zero-order valence-corrected chi connectivity index (χ0v) is 77.6. The molecular formula is C89H115ClN16O23S3. The molecule has 1 unspecified atom stereocenters. The maximum Gasteiger partial charge on any atom is 0.409 e. The lowest BCUT2D eigenvalue weighted by Crippen LogP contribution is -2.63. The predicted octanol–water partition coefficient (Wildman–Crippen LogP) is 0.907. The number of imide groups is 1. The minimum absolute atomic E-state index is 0.0216. The highest BCUT2D eigenvalue weighted by molar-refractivity contribution is 8.76. The van der Waals surface area contributed by atoms with Crippen molar-refractivity contribution in [2.45, 2.75) is 207 Å². The van der Waals surface area contributed by atoms with Crippen LogP contribution < -0.4 is 74.7 Å². The van der Waals surface area contributed by atoms with Crippen LogP contribution in [-0.4, -0.2) is 286 Å². The number of carbonyl (C=O) groups excluding carboxylic acids is 15. The maximum atomic E-state index is 15.1. The van der Waals surface area contributed by atoms with E-state index in [2.05, 4.69) is 52.8 Å². The minimum atomic E-state index is -1.97.